The van der Waals surface area contributed by atoms with E-state index in [1.807, 2.05) is 70.3 Å². The second-order valence-corrected chi connectivity index (χ2v) is 9.42. The maximum Gasteiger partial charge on any atom is 0.280 e. The fraction of sp³-hybridized carbons (Fsp3) is 0.364. The summed E-state index contributed by atoms with van der Waals surface area (Å²) in [5.41, 5.74) is 2.51. The zero-order valence-corrected chi connectivity index (χ0v) is 19.4. The summed E-state index contributed by atoms with van der Waals surface area (Å²) >= 11 is 2.57. The first-order valence-electron chi connectivity index (χ1n) is 9.77. The normalized spacial score (nSPS) is 12.4. The second-order valence-electron chi connectivity index (χ2n) is 7.83. The van der Waals surface area contributed by atoms with Crippen LogP contribution in [0.5, 0.6) is 0 Å². The molecule has 2 amide bonds. The van der Waals surface area contributed by atoms with Gasteiger partial charge in [0.25, 0.3) is 5.91 Å². The Labute approximate surface area is 185 Å². The molecular weight excluding hydrogens is 416 g/mol. The van der Waals surface area contributed by atoms with Gasteiger partial charge in [-0.1, -0.05) is 29.6 Å². The predicted octanol–water partition coefficient (Wildman–Crippen LogP) is 4.91. The standard InChI is InChI=1S/C22H26N4O2S2/c1-6-22(4,5)23-20(27)19(18-11-8-12-29-18)26(21(28)16-13-30-25-24-16)17-10-7-9-14(2)15(17)3/h7-13,19H,6H2,1-5H3,(H,23,27). The first-order valence-corrected chi connectivity index (χ1v) is 11.5. The summed E-state index contributed by atoms with van der Waals surface area (Å²) in [4.78, 5) is 29.5. The lowest BCUT2D eigenvalue weighted by Crippen LogP contribution is -2.50. The Morgan fingerprint density at radius 2 is 1.97 bits per heavy atom. The molecule has 0 spiro atoms. The highest BCUT2D eigenvalue weighted by molar-refractivity contribution is 7.10. The van der Waals surface area contributed by atoms with Crippen LogP contribution in [0.25, 0.3) is 0 Å². The number of benzene rings is 1. The number of thiophene rings is 1. The number of hydrogen-bond acceptors (Lipinski definition) is 6. The van der Waals surface area contributed by atoms with E-state index in [0.717, 1.165) is 34.0 Å². The third-order valence-electron chi connectivity index (χ3n) is 5.30. The average molecular weight is 443 g/mol. The molecule has 0 bridgehead atoms. The largest absolute Gasteiger partial charge is 0.349 e. The van der Waals surface area contributed by atoms with Gasteiger partial charge in [0.15, 0.2) is 11.7 Å². The molecule has 30 heavy (non-hydrogen) atoms. The molecule has 0 aliphatic rings. The van der Waals surface area contributed by atoms with E-state index in [1.54, 1.807) is 10.3 Å². The molecule has 1 atom stereocenters. The van der Waals surface area contributed by atoms with Crippen LogP contribution in [0.2, 0.25) is 0 Å². The van der Waals surface area contributed by atoms with E-state index in [2.05, 4.69) is 14.9 Å². The number of carbonyl (C=O) groups excluding carboxylic acids is 2. The van der Waals surface area contributed by atoms with Gasteiger partial charge in [-0.2, -0.15) is 0 Å². The van der Waals surface area contributed by atoms with Crippen LogP contribution in [-0.4, -0.2) is 26.9 Å². The molecule has 1 unspecified atom stereocenters. The number of nitrogens with zero attached hydrogens (tertiary/aromatic N) is 3. The smallest absolute Gasteiger partial charge is 0.280 e. The van der Waals surface area contributed by atoms with Crippen LogP contribution >= 0.6 is 22.9 Å². The van der Waals surface area contributed by atoms with E-state index >= 15 is 0 Å². The fourth-order valence-electron chi connectivity index (χ4n) is 3.05. The summed E-state index contributed by atoms with van der Waals surface area (Å²) in [6.07, 6.45) is 0.767. The Balaban J connectivity index is 2.17. The van der Waals surface area contributed by atoms with Crippen LogP contribution in [0.1, 0.15) is 59.7 Å². The van der Waals surface area contributed by atoms with Gasteiger partial charge in [0.05, 0.1) is 0 Å². The van der Waals surface area contributed by atoms with Crippen molar-refractivity contribution in [3.63, 3.8) is 0 Å². The number of amides is 2. The number of hydrogen-bond donors (Lipinski definition) is 1. The number of carbonyl (C=O) groups is 2. The van der Waals surface area contributed by atoms with E-state index in [4.69, 9.17) is 0 Å². The quantitative estimate of drug-likeness (QED) is 0.564. The zero-order chi connectivity index (χ0) is 21.9. The molecule has 0 aliphatic carbocycles. The molecule has 3 aromatic rings. The van der Waals surface area contributed by atoms with Crippen molar-refractivity contribution >= 4 is 40.4 Å². The topological polar surface area (TPSA) is 75.2 Å². The molecule has 3 rings (SSSR count). The molecule has 0 radical (unpaired) electrons. The van der Waals surface area contributed by atoms with Crippen LogP contribution in [0.3, 0.4) is 0 Å². The molecule has 0 fully saturated rings. The Morgan fingerprint density at radius 3 is 2.57 bits per heavy atom. The van der Waals surface area contributed by atoms with E-state index in [1.165, 1.54) is 11.3 Å². The summed E-state index contributed by atoms with van der Waals surface area (Å²) in [5, 5.41) is 10.6. The van der Waals surface area contributed by atoms with Crippen molar-refractivity contribution in [1.82, 2.24) is 14.9 Å². The van der Waals surface area contributed by atoms with Crippen molar-refractivity contribution in [2.75, 3.05) is 4.90 Å². The molecule has 6 nitrogen and oxygen atoms in total. The average Bonchev–Trinajstić information content (AvgIpc) is 3.42. The lowest BCUT2D eigenvalue weighted by Gasteiger charge is -2.34. The van der Waals surface area contributed by atoms with Crippen molar-refractivity contribution in [2.45, 2.75) is 52.6 Å². The van der Waals surface area contributed by atoms with Gasteiger partial charge in [-0.05, 0) is 74.3 Å². The van der Waals surface area contributed by atoms with Crippen LogP contribution in [0.4, 0.5) is 5.69 Å². The Morgan fingerprint density at radius 1 is 1.20 bits per heavy atom. The van der Waals surface area contributed by atoms with E-state index in [9.17, 15) is 9.59 Å². The van der Waals surface area contributed by atoms with Crippen LogP contribution in [0, 0.1) is 13.8 Å². The Kier molecular flexibility index (Phi) is 6.67. The molecule has 0 saturated heterocycles. The van der Waals surface area contributed by atoms with Gasteiger partial charge in [0.2, 0.25) is 5.91 Å². The summed E-state index contributed by atoms with van der Waals surface area (Å²) in [5.74, 6) is -0.568. The summed E-state index contributed by atoms with van der Waals surface area (Å²) in [6.45, 7) is 9.93. The summed E-state index contributed by atoms with van der Waals surface area (Å²) in [6, 6.07) is 8.73. The lowest BCUT2D eigenvalue weighted by molar-refractivity contribution is -0.124. The number of rotatable bonds is 7. The predicted molar refractivity (Wildman–Crippen MR) is 122 cm³/mol. The third kappa shape index (κ3) is 4.60. The summed E-state index contributed by atoms with van der Waals surface area (Å²) < 4.78 is 3.85. The summed E-state index contributed by atoms with van der Waals surface area (Å²) in [7, 11) is 0. The molecule has 0 aliphatic heterocycles. The minimum absolute atomic E-state index is 0.221. The number of nitrogens with one attached hydrogen (secondary N) is 1. The van der Waals surface area contributed by atoms with Gasteiger partial charge in [-0.15, -0.1) is 16.4 Å². The van der Waals surface area contributed by atoms with E-state index in [-0.39, 0.29) is 17.5 Å². The third-order valence-corrected chi connectivity index (χ3v) is 6.73. The highest BCUT2D eigenvalue weighted by atomic mass is 32.1. The lowest BCUT2D eigenvalue weighted by atomic mass is 10.00. The van der Waals surface area contributed by atoms with Crippen LogP contribution in [0.15, 0.2) is 41.1 Å². The monoisotopic (exact) mass is 442 g/mol. The van der Waals surface area contributed by atoms with Gasteiger partial charge < -0.3 is 5.32 Å². The molecule has 1 aromatic carbocycles. The minimum Gasteiger partial charge on any atom is -0.349 e. The highest BCUT2D eigenvalue weighted by Crippen LogP contribution is 2.35. The molecule has 8 heteroatoms. The maximum atomic E-state index is 13.6. The van der Waals surface area contributed by atoms with Crippen molar-refractivity contribution in [3.05, 3.63) is 62.8 Å². The second kappa shape index (κ2) is 9.06. The first-order chi connectivity index (χ1) is 14.2. The van der Waals surface area contributed by atoms with Crippen molar-refractivity contribution in [2.24, 2.45) is 0 Å². The maximum absolute atomic E-state index is 13.6. The molecule has 2 heterocycles. The first kappa shape index (κ1) is 22.1. The van der Waals surface area contributed by atoms with Crippen molar-refractivity contribution in [3.8, 4) is 0 Å². The fourth-order valence-corrected chi connectivity index (χ4v) is 4.30. The molecule has 1 N–H and O–H groups in total. The van der Waals surface area contributed by atoms with Crippen LogP contribution < -0.4 is 10.2 Å². The molecule has 158 valence electrons. The van der Waals surface area contributed by atoms with E-state index < -0.39 is 11.6 Å². The van der Waals surface area contributed by atoms with Crippen molar-refractivity contribution in [1.29, 1.82) is 0 Å². The van der Waals surface area contributed by atoms with Gasteiger partial charge in [-0.25, -0.2) is 0 Å². The van der Waals surface area contributed by atoms with Gasteiger partial charge in [-0.3, -0.25) is 14.5 Å². The van der Waals surface area contributed by atoms with Gasteiger partial charge in [0, 0.05) is 21.5 Å². The van der Waals surface area contributed by atoms with Gasteiger partial charge in [0.1, 0.15) is 0 Å². The van der Waals surface area contributed by atoms with Gasteiger partial charge >= 0.3 is 0 Å². The Bertz CT molecular complexity index is 1010. The zero-order valence-electron chi connectivity index (χ0n) is 17.8. The number of aryl methyl sites for hydroxylation is 1. The van der Waals surface area contributed by atoms with E-state index in [0.29, 0.717) is 5.69 Å². The SMILES string of the molecule is CCC(C)(C)NC(=O)C(c1cccs1)N(C(=O)c1csnn1)c1cccc(C)c1C. The van der Waals surface area contributed by atoms with Crippen LogP contribution in [-0.2, 0) is 4.79 Å². The molecule has 0 saturated carbocycles. The molecule has 2 aromatic heterocycles. The minimum atomic E-state index is -0.814. The highest BCUT2D eigenvalue weighted by Gasteiger charge is 2.37. The number of aromatic nitrogens is 2. The number of anilines is 1. The Hall–Kier alpha value is -2.58. The van der Waals surface area contributed by atoms with Crippen molar-refractivity contribution < 1.29 is 9.59 Å². The molecular formula is C22H26N4O2S2.